The second-order valence-corrected chi connectivity index (χ2v) is 6.87. The maximum absolute atomic E-state index is 10.6. The average Bonchev–Trinajstić information content (AvgIpc) is 2.49. The van der Waals surface area contributed by atoms with E-state index < -0.39 is 46.9 Å². The third kappa shape index (κ3) is 6.56. The molecule has 0 aromatic heterocycles. The number of aliphatic hydroxyl groups excluding tert-OH is 4. The lowest BCUT2D eigenvalue weighted by Gasteiger charge is -2.39. The van der Waals surface area contributed by atoms with Crippen molar-refractivity contribution in [2.45, 2.75) is 36.3 Å². The zero-order chi connectivity index (χ0) is 17.6. The summed E-state index contributed by atoms with van der Waals surface area (Å²) in [5, 5.41) is 42.9. The smallest absolute Gasteiger partial charge is 0.394 e. The maximum atomic E-state index is 10.6. The normalized spacial score (nSPS) is 33.1. The van der Waals surface area contributed by atoms with Gasteiger partial charge in [0.15, 0.2) is 0 Å². The van der Waals surface area contributed by atoms with Gasteiger partial charge in [0.25, 0.3) is 0 Å². The molecule has 5 N–H and O–H groups in total. The minimum atomic E-state index is -4.81. The van der Waals surface area contributed by atoms with Crippen molar-refractivity contribution in [3.8, 4) is 0 Å². The summed E-state index contributed by atoms with van der Waals surface area (Å²) in [4.78, 5) is 0. The van der Waals surface area contributed by atoms with E-state index in [-0.39, 0.29) is 11.5 Å². The quantitative estimate of drug-likeness (QED) is 0.103. The van der Waals surface area contributed by atoms with Crippen LogP contribution in [-0.2, 0) is 19.4 Å². The van der Waals surface area contributed by atoms with Gasteiger partial charge in [0.2, 0.25) is 0 Å². The number of ether oxygens (including phenoxy) is 1. The summed E-state index contributed by atoms with van der Waals surface area (Å²) in [6, 6.07) is 0. The number of allylic oxidation sites excluding steroid dienone is 1. The lowest BCUT2D eigenvalue weighted by atomic mass is 10.0. The summed E-state index contributed by atoms with van der Waals surface area (Å²) in [6.07, 6.45) is -4.25. The molecule has 0 bridgehead atoms. The molecule has 13 heteroatoms. The molecule has 0 aliphatic carbocycles. The fourth-order valence-electron chi connectivity index (χ4n) is 1.65. The van der Waals surface area contributed by atoms with Gasteiger partial charge in [0.1, 0.15) is 34.9 Å². The molecule has 0 spiro atoms. The van der Waals surface area contributed by atoms with E-state index in [0.29, 0.717) is 11.8 Å². The van der Waals surface area contributed by atoms with E-state index in [2.05, 4.69) is 22.1 Å². The monoisotopic (exact) mass is 391 g/mol. The van der Waals surface area contributed by atoms with Crippen molar-refractivity contribution in [2.75, 3.05) is 6.61 Å². The van der Waals surface area contributed by atoms with Crippen LogP contribution in [0.3, 0.4) is 0 Å². The molecule has 0 radical (unpaired) electrons. The Balaban J connectivity index is 2.88. The number of thioether (sulfide) groups is 1. The second kappa shape index (κ2) is 9.19. The van der Waals surface area contributed by atoms with E-state index in [9.17, 15) is 23.7 Å². The van der Waals surface area contributed by atoms with Crippen LogP contribution in [0, 0.1) is 0 Å². The molecule has 0 unspecified atom stereocenters. The highest BCUT2D eigenvalue weighted by Crippen LogP contribution is 2.30. The molecule has 10 nitrogen and oxygen atoms in total. The number of oxime groups is 1. The molecule has 1 aliphatic heterocycles. The van der Waals surface area contributed by atoms with Gasteiger partial charge in [0.05, 0.1) is 6.61 Å². The number of thiol groups is 1. The highest BCUT2D eigenvalue weighted by atomic mass is 32.3. The minimum absolute atomic E-state index is 0.0265. The molecule has 0 aromatic rings. The molecule has 5 atom stereocenters. The third-order valence-electron chi connectivity index (χ3n) is 2.73. The standard InChI is InChI=1S/C10H17NO9S3/c12-4-5-7(13)8(14)9(15)10(19-5)22-6(2-1-3-21)11-20-23(16,17)18/h1,3,5,7-10,12-15,21H,2,4H2,(H,16,17,18)/b3-1+,11-6-/t5-,7-,8+,9-,10+/m1/s1. The van der Waals surface area contributed by atoms with E-state index in [1.54, 1.807) is 0 Å². The van der Waals surface area contributed by atoms with Crippen LogP contribution in [0.4, 0.5) is 0 Å². The fourth-order valence-corrected chi connectivity index (χ4v) is 3.02. The number of hydrogen-bond acceptors (Lipinski definition) is 11. The van der Waals surface area contributed by atoms with Gasteiger partial charge in [-0.15, -0.1) is 0 Å². The largest absolute Gasteiger partial charge is 0.466 e. The topological polar surface area (TPSA) is 166 Å². The summed E-state index contributed by atoms with van der Waals surface area (Å²) in [7, 11) is -4.81. The van der Waals surface area contributed by atoms with E-state index in [1.165, 1.54) is 11.5 Å². The van der Waals surface area contributed by atoms with Crippen molar-refractivity contribution in [1.82, 2.24) is 0 Å². The lowest BCUT2D eigenvalue weighted by molar-refractivity contribution is -0.205. The number of rotatable bonds is 6. The Kier molecular flexibility index (Phi) is 8.26. The first-order valence-electron chi connectivity index (χ1n) is 6.19. The molecule has 0 amide bonds. The van der Waals surface area contributed by atoms with Crippen LogP contribution in [0.5, 0.6) is 0 Å². The van der Waals surface area contributed by atoms with E-state index in [4.69, 9.17) is 14.4 Å². The second-order valence-electron chi connectivity index (χ2n) is 4.39. The summed E-state index contributed by atoms with van der Waals surface area (Å²) in [5.41, 5.74) is -1.16. The molecule has 1 rings (SSSR count). The Morgan fingerprint density at radius 3 is 2.48 bits per heavy atom. The first-order valence-corrected chi connectivity index (χ1v) is 8.95. The van der Waals surface area contributed by atoms with Crippen molar-refractivity contribution in [3.63, 3.8) is 0 Å². The van der Waals surface area contributed by atoms with Crippen LogP contribution >= 0.6 is 24.4 Å². The van der Waals surface area contributed by atoms with Crippen LogP contribution in [0.1, 0.15) is 6.42 Å². The summed E-state index contributed by atoms with van der Waals surface area (Å²) in [6.45, 7) is -0.605. The van der Waals surface area contributed by atoms with E-state index in [1.807, 2.05) is 0 Å². The van der Waals surface area contributed by atoms with Gasteiger partial charge in [-0.3, -0.25) is 4.55 Å². The Morgan fingerprint density at radius 1 is 1.30 bits per heavy atom. The Bertz CT molecular complexity index is 536. The van der Waals surface area contributed by atoms with Gasteiger partial charge in [-0.25, -0.2) is 4.28 Å². The predicted octanol–water partition coefficient (Wildman–Crippen LogP) is -1.51. The van der Waals surface area contributed by atoms with Crippen molar-refractivity contribution in [3.05, 3.63) is 11.5 Å². The SMILES string of the molecule is O=S(=O)(O)O/N=C(/C/C=C/S)S[C@@H]1O[C@H](CO)[C@@H](O)[C@H](O)[C@H]1O. The average molecular weight is 391 g/mol. The summed E-state index contributed by atoms with van der Waals surface area (Å²) in [5.74, 6) is 0. The molecule has 1 aliphatic rings. The van der Waals surface area contributed by atoms with Gasteiger partial charge >= 0.3 is 10.4 Å². The zero-order valence-electron chi connectivity index (χ0n) is 11.5. The van der Waals surface area contributed by atoms with E-state index in [0.717, 1.165) is 0 Å². The van der Waals surface area contributed by atoms with Crippen LogP contribution < -0.4 is 0 Å². The van der Waals surface area contributed by atoms with Crippen molar-refractivity contribution < 1.29 is 42.4 Å². The molecule has 0 saturated carbocycles. The van der Waals surface area contributed by atoms with Crippen LogP contribution in [0.25, 0.3) is 0 Å². The molecule has 0 aromatic carbocycles. The molecule has 1 heterocycles. The number of hydrogen-bond donors (Lipinski definition) is 6. The van der Waals surface area contributed by atoms with Gasteiger partial charge in [-0.2, -0.15) is 21.0 Å². The van der Waals surface area contributed by atoms with Gasteiger partial charge in [-0.05, 0) is 5.41 Å². The summed E-state index contributed by atoms with van der Waals surface area (Å²) >= 11 is 4.51. The Hall–Kier alpha value is -0.380. The molecule has 1 saturated heterocycles. The van der Waals surface area contributed by atoms with Gasteiger partial charge < -0.3 is 25.2 Å². The molecular formula is C10H17NO9S3. The van der Waals surface area contributed by atoms with Crippen molar-refractivity contribution >= 4 is 39.8 Å². The highest BCUT2D eigenvalue weighted by molar-refractivity contribution is 8.14. The van der Waals surface area contributed by atoms with Gasteiger partial charge in [-0.1, -0.05) is 23.0 Å². The highest BCUT2D eigenvalue weighted by Gasteiger charge is 2.44. The first-order chi connectivity index (χ1) is 10.7. The molecule has 1 fully saturated rings. The Morgan fingerprint density at radius 2 is 1.96 bits per heavy atom. The maximum Gasteiger partial charge on any atom is 0.466 e. The molecule has 23 heavy (non-hydrogen) atoms. The number of aliphatic hydroxyl groups is 4. The van der Waals surface area contributed by atoms with E-state index >= 15 is 0 Å². The predicted molar refractivity (Wildman–Crippen MR) is 84.2 cm³/mol. The van der Waals surface area contributed by atoms with Crippen LogP contribution in [0.15, 0.2) is 16.6 Å². The number of nitrogens with zero attached hydrogens (tertiary/aromatic N) is 1. The van der Waals surface area contributed by atoms with Crippen LogP contribution in [-0.4, -0.2) is 74.9 Å². The van der Waals surface area contributed by atoms with Crippen molar-refractivity contribution in [2.24, 2.45) is 5.16 Å². The molecular weight excluding hydrogens is 374 g/mol. The van der Waals surface area contributed by atoms with Crippen LogP contribution in [0.2, 0.25) is 0 Å². The third-order valence-corrected chi connectivity index (χ3v) is 4.34. The Labute approximate surface area is 142 Å². The first kappa shape index (κ1) is 20.7. The van der Waals surface area contributed by atoms with Gasteiger partial charge in [0, 0.05) is 6.42 Å². The fraction of sp³-hybridized carbons (Fsp3) is 0.700. The lowest BCUT2D eigenvalue weighted by Crippen LogP contribution is -2.57. The molecule has 134 valence electrons. The zero-order valence-corrected chi connectivity index (χ0v) is 14.1. The summed E-state index contributed by atoms with van der Waals surface area (Å²) < 4.78 is 38.8. The minimum Gasteiger partial charge on any atom is -0.394 e. The van der Waals surface area contributed by atoms with Crippen molar-refractivity contribution in [1.29, 1.82) is 0 Å².